The monoisotopic (exact) mass is 449 g/mol. The average Bonchev–Trinajstić information content (AvgIpc) is 3.06. The molecule has 0 aromatic heterocycles. The molecule has 1 heterocycles. The van der Waals surface area contributed by atoms with Gasteiger partial charge >= 0.3 is 0 Å². The molecule has 0 N–H and O–H groups in total. The minimum atomic E-state index is -3.87. The Kier molecular flexibility index (Phi) is 8.40. The van der Waals surface area contributed by atoms with Gasteiger partial charge in [-0.2, -0.15) is 0 Å². The van der Waals surface area contributed by atoms with Crippen molar-refractivity contribution in [3.63, 3.8) is 0 Å². The van der Waals surface area contributed by atoms with Gasteiger partial charge in [-0.05, 0) is 55.4 Å². The van der Waals surface area contributed by atoms with Gasteiger partial charge < -0.3 is 4.90 Å². The molecule has 1 aliphatic rings. The third kappa shape index (κ3) is 6.48. The van der Waals surface area contributed by atoms with Gasteiger partial charge in [0.1, 0.15) is 4.91 Å². The number of hydrogen-bond donors (Lipinski definition) is 0. The number of hydrogen-bond acceptors (Lipinski definition) is 5. The number of aryl methyl sites for hydroxylation is 1. The van der Waals surface area contributed by atoms with Crippen LogP contribution in [0.5, 0.6) is 0 Å². The largest absolute Gasteiger partial charge is 0.369 e. The van der Waals surface area contributed by atoms with E-state index in [-0.39, 0.29) is 27.4 Å². The number of benzene rings is 1. The van der Waals surface area contributed by atoms with Crippen LogP contribution in [-0.2, 0) is 14.6 Å². The summed E-state index contributed by atoms with van der Waals surface area (Å²) < 4.78 is 26.6. The number of rotatable bonds is 8. The predicted octanol–water partition coefficient (Wildman–Crippen LogP) is 5.59. The Morgan fingerprint density at radius 1 is 1.23 bits per heavy atom. The molecule has 1 aliphatic heterocycles. The first-order chi connectivity index (χ1) is 13.9. The van der Waals surface area contributed by atoms with Crippen molar-refractivity contribution < 1.29 is 13.2 Å². The Bertz CT molecular complexity index is 907. The van der Waals surface area contributed by atoms with Crippen LogP contribution in [0, 0.1) is 18.3 Å². The summed E-state index contributed by atoms with van der Waals surface area (Å²) in [5.74, 6) is 1.12. The lowest BCUT2D eigenvalue weighted by atomic mass is 9.79. The number of carbonyl (C=O) groups excluding carboxylic acids is 1. The standard InChI is InChI=1S/C24H35NO3S2/c1-18-10-12-20(13-11-18)30(27,28)22(14-15-23-25(6)16-17-29-23)21(26)9-7-8-19(2)24(3,4)5/h10-15,19H,7-9,16-17H2,1-6H3/b22-14-,23-15+. The van der Waals surface area contributed by atoms with Gasteiger partial charge in [0, 0.05) is 25.8 Å². The number of thioether (sulfide) groups is 1. The predicted molar refractivity (Wildman–Crippen MR) is 127 cm³/mol. The molecular formula is C24H35NO3S2. The summed E-state index contributed by atoms with van der Waals surface area (Å²) >= 11 is 1.67. The lowest BCUT2D eigenvalue weighted by Crippen LogP contribution is -2.18. The number of allylic oxidation sites excluding steroid dienone is 3. The molecule has 0 saturated carbocycles. The summed E-state index contributed by atoms with van der Waals surface area (Å²) in [6.07, 6.45) is 5.10. The van der Waals surface area contributed by atoms with E-state index >= 15 is 0 Å². The van der Waals surface area contributed by atoms with E-state index < -0.39 is 9.84 Å². The molecule has 0 radical (unpaired) electrons. The van der Waals surface area contributed by atoms with Gasteiger partial charge in [-0.25, -0.2) is 8.42 Å². The number of sulfone groups is 1. The smallest absolute Gasteiger partial charge is 0.210 e. The van der Waals surface area contributed by atoms with E-state index in [9.17, 15) is 13.2 Å². The van der Waals surface area contributed by atoms with Gasteiger partial charge in [0.25, 0.3) is 0 Å². The van der Waals surface area contributed by atoms with Crippen molar-refractivity contribution in [2.24, 2.45) is 11.3 Å². The molecule has 2 rings (SSSR count). The molecule has 1 unspecified atom stereocenters. The molecular weight excluding hydrogens is 414 g/mol. The maximum atomic E-state index is 13.3. The van der Waals surface area contributed by atoms with E-state index in [4.69, 9.17) is 0 Å². The molecule has 0 spiro atoms. The van der Waals surface area contributed by atoms with Crippen molar-refractivity contribution in [2.75, 3.05) is 19.3 Å². The summed E-state index contributed by atoms with van der Waals surface area (Å²) in [4.78, 5) is 15.2. The maximum Gasteiger partial charge on any atom is 0.210 e. The molecule has 6 heteroatoms. The fourth-order valence-corrected chi connectivity index (χ4v) is 5.58. The SMILES string of the molecule is Cc1ccc(S(=O)(=O)/C(=C\C=C2\SCCN2C)C(=O)CCCC(C)C(C)(C)C)cc1. The first kappa shape index (κ1) is 24.7. The van der Waals surface area contributed by atoms with Crippen molar-refractivity contribution >= 4 is 27.4 Å². The zero-order chi connectivity index (χ0) is 22.5. The van der Waals surface area contributed by atoms with Crippen LogP contribution in [0.1, 0.15) is 52.5 Å². The molecule has 1 aromatic carbocycles. The highest BCUT2D eigenvalue weighted by atomic mass is 32.2. The fraction of sp³-hybridized carbons (Fsp3) is 0.542. The topological polar surface area (TPSA) is 54.5 Å². The van der Waals surface area contributed by atoms with Crippen LogP contribution in [0.3, 0.4) is 0 Å². The van der Waals surface area contributed by atoms with Crippen LogP contribution in [-0.4, -0.2) is 38.4 Å². The normalized spacial score (nSPS) is 18.1. The fourth-order valence-electron chi connectivity index (χ4n) is 3.13. The lowest BCUT2D eigenvalue weighted by molar-refractivity contribution is -0.115. The van der Waals surface area contributed by atoms with Gasteiger partial charge in [0.05, 0.1) is 9.92 Å². The number of ketones is 1. The van der Waals surface area contributed by atoms with E-state index in [2.05, 4.69) is 32.6 Å². The minimum absolute atomic E-state index is 0.108. The quantitative estimate of drug-likeness (QED) is 0.484. The number of carbonyl (C=O) groups is 1. The van der Waals surface area contributed by atoms with E-state index in [0.717, 1.165) is 29.3 Å². The van der Waals surface area contributed by atoms with Crippen molar-refractivity contribution in [3.05, 3.63) is 51.9 Å². The molecule has 0 bridgehead atoms. The molecule has 0 aliphatic carbocycles. The van der Waals surface area contributed by atoms with Crippen LogP contribution in [0.2, 0.25) is 0 Å². The summed E-state index contributed by atoms with van der Waals surface area (Å²) in [6.45, 7) is 11.6. The van der Waals surface area contributed by atoms with E-state index in [1.807, 2.05) is 14.0 Å². The second-order valence-corrected chi connectivity index (χ2v) is 12.2. The third-order valence-corrected chi connectivity index (χ3v) is 8.81. The number of Topliss-reactive ketones (excluding diaryl/α,β-unsaturated/α-hetero) is 1. The zero-order valence-electron chi connectivity index (χ0n) is 19.1. The molecule has 1 fully saturated rings. The summed E-state index contributed by atoms with van der Waals surface area (Å²) in [5, 5.41) is 0.987. The molecule has 30 heavy (non-hydrogen) atoms. The van der Waals surface area contributed by atoms with Gasteiger partial charge in [-0.1, -0.05) is 45.4 Å². The zero-order valence-corrected chi connectivity index (χ0v) is 20.7. The minimum Gasteiger partial charge on any atom is -0.369 e. The first-order valence-electron chi connectivity index (χ1n) is 10.5. The van der Waals surface area contributed by atoms with Gasteiger partial charge in [0.2, 0.25) is 9.84 Å². The van der Waals surface area contributed by atoms with E-state index in [1.165, 1.54) is 6.08 Å². The highest BCUT2D eigenvalue weighted by molar-refractivity contribution is 8.03. The van der Waals surface area contributed by atoms with Gasteiger partial charge in [-0.3, -0.25) is 4.79 Å². The third-order valence-electron chi connectivity index (χ3n) is 5.85. The highest BCUT2D eigenvalue weighted by Gasteiger charge is 2.27. The average molecular weight is 450 g/mol. The Labute approximate surface area is 186 Å². The van der Waals surface area contributed by atoms with Crippen LogP contribution in [0.4, 0.5) is 0 Å². The lowest BCUT2D eigenvalue weighted by Gasteiger charge is -2.27. The Morgan fingerprint density at radius 2 is 1.87 bits per heavy atom. The second kappa shape index (κ2) is 10.2. The van der Waals surface area contributed by atoms with Crippen LogP contribution >= 0.6 is 11.8 Å². The van der Waals surface area contributed by atoms with Gasteiger partial charge in [-0.15, -0.1) is 11.8 Å². The van der Waals surface area contributed by atoms with Gasteiger partial charge in [0.15, 0.2) is 5.78 Å². The van der Waals surface area contributed by atoms with Crippen LogP contribution < -0.4 is 0 Å². The molecule has 1 saturated heterocycles. The van der Waals surface area contributed by atoms with Crippen molar-refractivity contribution in [1.29, 1.82) is 0 Å². The van der Waals surface area contributed by atoms with Crippen LogP contribution in [0.15, 0.2) is 51.2 Å². The summed E-state index contributed by atoms with van der Waals surface area (Å²) in [6, 6.07) is 6.69. The van der Waals surface area contributed by atoms with Crippen LogP contribution in [0.25, 0.3) is 0 Å². The highest BCUT2D eigenvalue weighted by Crippen LogP contribution is 2.31. The summed E-state index contributed by atoms with van der Waals surface area (Å²) in [7, 11) is -1.89. The first-order valence-corrected chi connectivity index (χ1v) is 13.0. The van der Waals surface area contributed by atoms with E-state index in [1.54, 1.807) is 42.1 Å². The Morgan fingerprint density at radius 3 is 2.40 bits per heavy atom. The van der Waals surface area contributed by atoms with Crippen molar-refractivity contribution in [2.45, 2.75) is 58.8 Å². The van der Waals surface area contributed by atoms with Crippen molar-refractivity contribution in [1.82, 2.24) is 4.90 Å². The molecule has 166 valence electrons. The van der Waals surface area contributed by atoms with Crippen molar-refractivity contribution in [3.8, 4) is 0 Å². The van der Waals surface area contributed by atoms with E-state index in [0.29, 0.717) is 12.3 Å². The second-order valence-electron chi connectivity index (χ2n) is 9.20. The Balaban J connectivity index is 2.29. The summed E-state index contributed by atoms with van der Waals surface area (Å²) in [5.41, 5.74) is 1.15. The molecule has 1 atom stereocenters. The maximum absolute atomic E-state index is 13.3. The molecule has 0 amide bonds. The number of nitrogens with zero attached hydrogens (tertiary/aromatic N) is 1. The molecule has 4 nitrogen and oxygen atoms in total. The Hall–Kier alpha value is -1.53. The molecule has 1 aromatic rings.